The molecule has 0 amide bonds. The molecule has 19 heavy (non-hydrogen) atoms. The fraction of sp³-hybridized carbons (Fsp3) is 0.938. The summed E-state index contributed by atoms with van der Waals surface area (Å²) in [6, 6.07) is 0. The van der Waals surface area contributed by atoms with Gasteiger partial charge in [0.1, 0.15) is 0 Å². The van der Waals surface area contributed by atoms with Gasteiger partial charge in [0.15, 0.2) is 0 Å². The van der Waals surface area contributed by atoms with E-state index in [0.717, 1.165) is 25.2 Å². The third-order valence-electron chi connectivity index (χ3n) is 4.23. The average Bonchev–Trinajstić information content (AvgIpc) is 2.21. The standard InChI is InChI=1S/C16H30O3/c1-12-9-13(11-15(2,3)10-12)19-8-6-7-16(4,5)14(17)18/h12-13H,6-11H2,1-5H3,(H,17,18). The molecule has 3 nitrogen and oxygen atoms in total. The van der Waals surface area contributed by atoms with Gasteiger partial charge in [0.25, 0.3) is 0 Å². The molecule has 1 rings (SSSR count). The first kappa shape index (κ1) is 16.5. The normalized spacial score (nSPS) is 27.2. The summed E-state index contributed by atoms with van der Waals surface area (Å²) in [6.45, 7) is 11.2. The highest BCUT2D eigenvalue weighted by Crippen LogP contribution is 2.39. The van der Waals surface area contributed by atoms with Crippen molar-refractivity contribution in [2.24, 2.45) is 16.7 Å². The van der Waals surface area contributed by atoms with Crippen molar-refractivity contribution in [3.63, 3.8) is 0 Å². The molecule has 1 aliphatic carbocycles. The number of carboxylic acid groups (broad SMARTS) is 1. The topological polar surface area (TPSA) is 46.5 Å². The lowest BCUT2D eigenvalue weighted by molar-refractivity contribution is -0.147. The number of hydrogen-bond donors (Lipinski definition) is 1. The molecule has 0 spiro atoms. The summed E-state index contributed by atoms with van der Waals surface area (Å²) in [4.78, 5) is 11.0. The van der Waals surface area contributed by atoms with Crippen LogP contribution in [0.2, 0.25) is 0 Å². The summed E-state index contributed by atoms with van der Waals surface area (Å²) in [5.74, 6) is 0.00383. The van der Waals surface area contributed by atoms with Crippen LogP contribution in [0, 0.1) is 16.7 Å². The van der Waals surface area contributed by atoms with Gasteiger partial charge in [-0.05, 0) is 57.3 Å². The Hall–Kier alpha value is -0.570. The van der Waals surface area contributed by atoms with Crippen LogP contribution in [0.25, 0.3) is 0 Å². The third-order valence-corrected chi connectivity index (χ3v) is 4.23. The van der Waals surface area contributed by atoms with Crippen molar-refractivity contribution in [3.05, 3.63) is 0 Å². The lowest BCUT2D eigenvalue weighted by Gasteiger charge is -2.38. The third kappa shape index (κ3) is 5.52. The molecule has 0 radical (unpaired) electrons. The first-order valence-corrected chi connectivity index (χ1v) is 7.47. The zero-order valence-corrected chi connectivity index (χ0v) is 13.2. The van der Waals surface area contributed by atoms with E-state index in [-0.39, 0.29) is 0 Å². The maximum Gasteiger partial charge on any atom is 0.309 e. The van der Waals surface area contributed by atoms with Crippen molar-refractivity contribution in [1.82, 2.24) is 0 Å². The van der Waals surface area contributed by atoms with Crippen LogP contribution in [0.1, 0.15) is 66.7 Å². The minimum Gasteiger partial charge on any atom is -0.481 e. The summed E-state index contributed by atoms with van der Waals surface area (Å²) >= 11 is 0. The van der Waals surface area contributed by atoms with Crippen LogP contribution >= 0.6 is 0 Å². The molecule has 0 aromatic heterocycles. The Bertz CT molecular complexity index is 307. The van der Waals surface area contributed by atoms with E-state index in [1.165, 1.54) is 6.42 Å². The molecule has 0 saturated heterocycles. The summed E-state index contributed by atoms with van der Waals surface area (Å²) in [6.07, 6.45) is 5.40. The van der Waals surface area contributed by atoms with Crippen molar-refractivity contribution >= 4 is 5.97 Å². The molecule has 3 heteroatoms. The molecule has 0 aliphatic heterocycles. The van der Waals surface area contributed by atoms with Gasteiger partial charge >= 0.3 is 5.97 Å². The molecule has 0 heterocycles. The Morgan fingerprint density at radius 2 is 2.00 bits per heavy atom. The van der Waals surface area contributed by atoms with E-state index in [1.54, 1.807) is 13.8 Å². The predicted octanol–water partition coefficient (Wildman–Crippen LogP) is 4.11. The molecule has 2 unspecified atom stereocenters. The molecule has 0 aromatic rings. The molecule has 0 aromatic carbocycles. The van der Waals surface area contributed by atoms with Gasteiger partial charge in [0.05, 0.1) is 11.5 Å². The van der Waals surface area contributed by atoms with Crippen LogP contribution in [0.15, 0.2) is 0 Å². The number of hydrogen-bond acceptors (Lipinski definition) is 2. The van der Waals surface area contributed by atoms with Gasteiger partial charge in [-0.1, -0.05) is 20.8 Å². The van der Waals surface area contributed by atoms with Gasteiger partial charge in [-0.3, -0.25) is 4.79 Å². The number of carbonyl (C=O) groups is 1. The molecule has 1 fully saturated rings. The highest BCUT2D eigenvalue weighted by molar-refractivity contribution is 5.73. The molecular formula is C16H30O3. The molecule has 112 valence electrons. The van der Waals surface area contributed by atoms with E-state index in [9.17, 15) is 4.79 Å². The Balaban J connectivity index is 2.28. The number of ether oxygens (including phenoxy) is 1. The second-order valence-corrected chi connectivity index (χ2v) is 7.70. The average molecular weight is 270 g/mol. The maximum absolute atomic E-state index is 11.0. The van der Waals surface area contributed by atoms with E-state index in [1.807, 2.05) is 0 Å². The van der Waals surface area contributed by atoms with Crippen LogP contribution in [0.4, 0.5) is 0 Å². The largest absolute Gasteiger partial charge is 0.481 e. The van der Waals surface area contributed by atoms with Crippen molar-refractivity contribution in [2.45, 2.75) is 72.8 Å². The lowest BCUT2D eigenvalue weighted by Crippen LogP contribution is -2.33. The highest BCUT2D eigenvalue weighted by Gasteiger charge is 2.32. The quantitative estimate of drug-likeness (QED) is 0.739. The van der Waals surface area contributed by atoms with E-state index >= 15 is 0 Å². The van der Waals surface area contributed by atoms with Crippen LogP contribution in [0.3, 0.4) is 0 Å². The number of aliphatic carboxylic acids is 1. The molecule has 1 aliphatic rings. The summed E-state index contributed by atoms with van der Waals surface area (Å²) in [5, 5.41) is 9.05. The zero-order valence-electron chi connectivity index (χ0n) is 13.2. The SMILES string of the molecule is CC1CC(OCCCC(C)(C)C(=O)O)CC(C)(C)C1. The Kier molecular flexibility index (Phi) is 5.43. The molecular weight excluding hydrogens is 240 g/mol. The Morgan fingerprint density at radius 3 is 2.53 bits per heavy atom. The Morgan fingerprint density at radius 1 is 1.37 bits per heavy atom. The van der Waals surface area contributed by atoms with Crippen molar-refractivity contribution < 1.29 is 14.6 Å². The summed E-state index contributed by atoms with van der Waals surface area (Å²) < 4.78 is 5.97. The van der Waals surface area contributed by atoms with Gasteiger partial charge < -0.3 is 9.84 Å². The fourth-order valence-corrected chi connectivity index (χ4v) is 3.26. The van der Waals surface area contributed by atoms with Crippen molar-refractivity contribution in [2.75, 3.05) is 6.61 Å². The van der Waals surface area contributed by atoms with Gasteiger partial charge in [-0.2, -0.15) is 0 Å². The van der Waals surface area contributed by atoms with Gasteiger partial charge in [0.2, 0.25) is 0 Å². The van der Waals surface area contributed by atoms with E-state index in [2.05, 4.69) is 20.8 Å². The van der Waals surface area contributed by atoms with E-state index in [4.69, 9.17) is 9.84 Å². The lowest BCUT2D eigenvalue weighted by atomic mass is 9.71. The maximum atomic E-state index is 11.0. The first-order chi connectivity index (χ1) is 8.62. The predicted molar refractivity (Wildman–Crippen MR) is 77.2 cm³/mol. The monoisotopic (exact) mass is 270 g/mol. The van der Waals surface area contributed by atoms with Crippen LogP contribution in [-0.4, -0.2) is 23.8 Å². The van der Waals surface area contributed by atoms with Gasteiger partial charge in [-0.15, -0.1) is 0 Å². The highest BCUT2D eigenvalue weighted by atomic mass is 16.5. The number of rotatable bonds is 6. The Labute approximate surface area is 117 Å². The summed E-state index contributed by atoms with van der Waals surface area (Å²) in [7, 11) is 0. The first-order valence-electron chi connectivity index (χ1n) is 7.47. The van der Waals surface area contributed by atoms with Gasteiger partial charge in [0, 0.05) is 6.61 Å². The van der Waals surface area contributed by atoms with Crippen LogP contribution < -0.4 is 0 Å². The van der Waals surface area contributed by atoms with Crippen molar-refractivity contribution in [1.29, 1.82) is 0 Å². The minimum absolute atomic E-state index is 0.353. The summed E-state index contributed by atoms with van der Waals surface area (Å²) in [5.41, 5.74) is -0.259. The zero-order chi connectivity index (χ0) is 14.7. The number of carboxylic acids is 1. The van der Waals surface area contributed by atoms with E-state index < -0.39 is 11.4 Å². The molecule has 2 atom stereocenters. The second-order valence-electron chi connectivity index (χ2n) is 7.70. The van der Waals surface area contributed by atoms with E-state index in [0.29, 0.717) is 24.5 Å². The van der Waals surface area contributed by atoms with Crippen LogP contribution in [-0.2, 0) is 9.53 Å². The van der Waals surface area contributed by atoms with Crippen molar-refractivity contribution in [3.8, 4) is 0 Å². The second kappa shape index (κ2) is 6.25. The minimum atomic E-state index is -0.722. The van der Waals surface area contributed by atoms with Crippen LogP contribution in [0.5, 0.6) is 0 Å². The fourth-order valence-electron chi connectivity index (χ4n) is 3.26. The smallest absolute Gasteiger partial charge is 0.309 e. The molecule has 1 saturated carbocycles. The molecule has 0 bridgehead atoms. The molecule has 1 N–H and O–H groups in total. The van der Waals surface area contributed by atoms with Gasteiger partial charge in [-0.25, -0.2) is 0 Å².